The summed E-state index contributed by atoms with van der Waals surface area (Å²) in [6.07, 6.45) is 0. The third-order valence-electron chi connectivity index (χ3n) is 7.07. The SMILES string of the molecule is COc1cccc(OC)c1-c1ccccc1P(c1ccccc1-c1c(OC)cccc1OC)c1ccccc1S(=O)(=O)O. The third-order valence-corrected chi connectivity index (χ3v) is 10.7. The van der Waals surface area contributed by atoms with E-state index < -0.39 is 18.0 Å². The van der Waals surface area contributed by atoms with E-state index in [1.807, 2.05) is 84.9 Å². The van der Waals surface area contributed by atoms with Crippen molar-refractivity contribution in [2.75, 3.05) is 28.4 Å². The Morgan fingerprint density at radius 2 is 0.837 bits per heavy atom. The predicted molar refractivity (Wildman–Crippen MR) is 172 cm³/mol. The number of rotatable bonds is 10. The highest BCUT2D eigenvalue weighted by Gasteiger charge is 2.31. The van der Waals surface area contributed by atoms with Gasteiger partial charge in [0.2, 0.25) is 0 Å². The molecular weight excluding hydrogens is 583 g/mol. The van der Waals surface area contributed by atoms with Crippen LogP contribution in [0.15, 0.2) is 114 Å². The van der Waals surface area contributed by atoms with Crippen LogP contribution in [0.3, 0.4) is 0 Å². The zero-order chi connectivity index (χ0) is 30.6. The zero-order valence-electron chi connectivity index (χ0n) is 24.1. The minimum atomic E-state index is -4.58. The summed E-state index contributed by atoms with van der Waals surface area (Å²) in [5, 5.41) is 2.12. The molecule has 0 fully saturated rings. The number of hydrogen-bond donors (Lipinski definition) is 1. The van der Waals surface area contributed by atoms with Crippen LogP contribution in [0.4, 0.5) is 0 Å². The van der Waals surface area contributed by atoms with E-state index in [1.165, 1.54) is 6.07 Å². The van der Waals surface area contributed by atoms with Gasteiger partial charge in [0.05, 0.1) is 39.6 Å². The summed E-state index contributed by atoms with van der Waals surface area (Å²) in [6, 6.07) is 33.2. The van der Waals surface area contributed by atoms with E-state index in [2.05, 4.69) is 0 Å². The van der Waals surface area contributed by atoms with E-state index in [0.29, 0.717) is 28.3 Å². The van der Waals surface area contributed by atoms with Gasteiger partial charge in [-0.3, -0.25) is 4.55 Å². The summed E-state index contributed by atoms with van der Waals surface area (Å²) >= 11 is 0. The van der Waals surface area contributed by atoms with Gasteiger partial charge >= 0.3 is 0 Å². The number of hydrogen-bond acceptors (Lipinski definition) is 6. The molecule has 0 saturated carbocycles. The lowest BCUT2D eigenvalue weighted by atomic mass is 10.0. The molecule has 0 aliphatic carbocycles. The normalized spacial score (nSPS) is 11.3. The first kappa shape index (κ1) is 30.1. The molecule has 0 heterocycles. The Morgan fingerprint density at radius 1 is 0.488 bits per heavy atom. The molecule has 5 rings (SSSR count). The van der Waals surface area contributed by atoms with Crippen LogP contribution in [0.2, 0.25) is 0 Å². The maximum Gasteiger partial charge on any atom is 0.295 e. The quantitative estimate of drug-likeness (QED) is 0.151. The van der Waals surface area contributed by atoms with Crippen molar-refractivity contribution >= 4 is 34.0 Å². The first-order chi connectivity index (χ1) is 20.8. The third kappa shape index (κ3) is 5.82. The lowest BCUT2D eigenvalue weighted by molar-refractivity contribution is 0.397. The van der Waals surface area contributed by atoms with Gasteiger partial charge in [-0.25, -0.2) is 0 Å². The highest BCUT2D eigenvalue weighted by atomic mass is 32.2. The van der Waals surface area contributed by atoms with E-state index in [-0.39, 0.29) is 4.90 Å². The van der Waals surface area contributed by atoms with E-state index in [4.69, 9.17) is 18.9 Å². The molecule has 1 N–H and O–H groups in total. The molecule has 0 bridgehead atoms. The Bertz CT molecular complexity index is 1730. The fraction of sp³-hybridized carbons (Fsp3) is 0.118. The van der Waals surface area contributed by atoms with Crippen LogP contribution in [0.25, 0.3) is 22.3 Å². The van der Waals surface area contributed by atoms with E-state index in [1.54, 1.807) is 46.6 Å². The van der Waals surface area contributed by atoms with Gasteiger partial charge in [-0.05, 0) is 60.0 Å². The summed E-state index contributed by atoms with van der Waals surface area (Å²) in [7, 11) is 0.157. The molecule has 7 nitrogen and oxygen atoms in total. The van der Waals surface area contributed by atoms with Crippen molar-refractivity contribution in [3.63, 3.8) is 0 Å². The first-order valence-corrected chi connectivity index (χ1v) is 16.1. The van der Waals surface area contributed by atoms with Crippen molar-refractivity contribution in [2.24, 2.45) is 0 Å². The number of methoxy groups -OCH3 is 4. The highest BCUT2D eigenvalue weighted by molar-refractivity contribution is 7.88. The van der Waals surface area contributed by atoms with E-state index >= 15 is 0 Å². The van der Waals surface area contributed by atoms with Crippen LogP contribution in [-0.2, 0) is 10.1 Å². The Labute approximate surface area is 253 Å². The molecule has 5 aromatic carbocycles. The Hall–Kier alpha value is -4.36. The molecule has 0 atom stereocenters. The molecule has 220 valence electrons. The average Bonchev–Trinajstić information content (AvgIpc) is 3.04. The molecule has 0 aliphatic heterocycles. The van der Waals surface area contributed by atoms with E-state index in [0.717, 1.165) is 32.9 Å². The van der Waals surface area contributed by atoms with Crippen molar-refractivity contribution < 1.29 is 31.9 Å². The van der Waals surface area contributed by atoms with Gasteiger partial charge in [0.15, 0.2) is 0 Å². The van der Waals surface area contributed by atoms with Gasteiger partial charge in [-0.15, -0.1) is 0 Å². The lowest BCUT2D eigenvalue weighted by Crippen LogP contribution is -2.27. The van der Waals surface area contributed by atoms with Gasteiger partial charge in [-0.1, -0.05) is 78.9 Å². The zero-order valence-corrected chi connectivity index (χ0v) is 25.9. The second kappa shape index (κ2) is 12.9. The predicted octanol–water partition coefficient (Wildman–Crippen LogP) is 6.06. The molecule has 0 radical (unpaired) electrons. The van der Waals surface area contributed by atoms with Crippen LogP contribution in [0.1, 0.15) is 0 Å². The molecule has 5 aromatic rings. The topological polar surface area (TPSA) is 91.3 Å². The molecule has 43 heavy (non-hydrogen) atoms. The van der Waals surface area contributed by atoms with Crippen LogP contribution < -0.4 is 34.9 Å². The molecule has 0 amide bonds. The molecule has 0 aliphatic rings. The average molecular weight is 615 g/mol. The number of benzene rings is 5. The lowest BCUT2D eigenvalue weighted by Gasteiger charge is -2.27. The minimum Gasteiger partial charge on any atom is -0.496 e. The summed E-state index contributed by atoms with van der Waals surface area (Å²) in [5.41, 5.74) is 3.06. The summed E-state index contributed by atoms with van der Waals surface area (Å²) < 4.78 is 59.2. The Morgan fingerprint density at radius 3 is 1.21 bits per heavy atom. The molecule has 0 unspecified atom stereocenters. The maximum atomic E-state index is 12.8. The first-order valence-electron chi connectivity index (χ1n) is 13.3. The fourth-order valence-corrected chi connectivity index (χ4v) is 9.08. The molecule has 0 spiro atoms. The molecular formula is C34H31O7PS. The van der Waals surface area contributed by atoms with Crippen LogP contribution >= 0.6 is 7.92 Å². The Balaban J connectivity index is 1.93. The molecule has 0 aromatic heterocycles. The van der Waals surface area contributed by atoms with Gasteiger partial charge in [0.25, 0.3) is 10.1 Å². The summed E-state index contributed by atoms with van der Waals surface area (Å²) in [4.78, 5) is -0.162. The van der Waals surface area contributed by atoms with Gasteiger partial charge in [0.1, 0.15) is 27.9 Å². The monoisotopic (exact) mass is 614 g/mol. The van der Waals surface area contributed by atoms with Crippen molar-refractivity contribution in [3.8, 4) is 45.3 Å². The number of ether oxygens (including phenoxy) is 4. The van der Waals surface area contributed by atoms with Gasteiger partial charge in [0, 0.05) is 5.30 Å². The Kier molecular flexibility index (Phi) is 9.02. The standard InChI is InChI=1S/C34H31O7PS/c1-38-25-15-11-16-26(39-2)33(25)23-13-5-7-19-29(23)42(31-21-9-10-22-32(31)43(35,36)37)30-20-8-6-14-24(30)34-27(40-3)17-12-18-28(34)41-4/h5-22H,1-4H3,(H,35,36,37). The summed E-state index contributed by atoms with van der Waals surface area (Å²) in [6.45, 7) is 0. The van der Waals surface area contributed by atoms with Gasteiger partial charge in [-0.2, -0.15) is 8.42 Å². The second-order valence-corrected chi connectivity index (χ2v) is 12.9. The minimum absolute atomic E-state index is 0.162. The van der Waals surface area contributed by atoms with Crippen LogP contribution in [0.5, 0.6) is 23.0 Å². The highest BCUT2D eigenvalue weighted by Crippen LogP contribution is 2.47. The molecule has 9 heteroatoms. The van der Waals surface area contributed by atoms with Crippen molar-refractivity contribution in [3.05, 3.63) is 109 Å². The van der Waals surface area contributed by atoms with Crippen molar-refractivity contribution in [1.82, 2.24) is 0 Å². The molecule has 0 saturated heterocycles. The van der Waals surface area contributed by atoms with Crippen LogP contribution in [0, 0.1) is 0 Å². The van der Waals surface area contributed by atoms with Crippen molar-refractivity contribution in [1.29, 1.82) is 0 Å². The smallest absolute Gasteiger partial charge is 0.295 e. The largest absolute Gasteiger partial charge is 0.496 e. The maximum absolute atomic E-state index is 12.8. The summed E-state index contributed by atoms with van der Waals surface area (Å²) in [5.74, 6) is 2.41. The van der Waals surface area contributed by atoms with Crippen LogP contribution in [-0.4, -0.2) is 41.4 Å². The fourth-order valence-electron chi connectivity index (χ4n) is 5.24. The van der Waals surface area contributed by atoms with Crippen molar-refractivity contribution in [2.45, 2.75) is 4.90 Å². The van der Waals surface area contributed by atoms with Gasteiger partial charge < -0.3 is 18.9 Å². The second-order valence-electron chi connectivity index (χ2n) is 9.39. The van der Waals surface area contributed by atoms with E-state index in [9.17, 15) is 13.0 Å².